The molecule has 2 aromatic rings. The molecule has 3 heterocycles. The molecule has 184 valence electrons. The Morgan fingerprint density at radius 2 is 1.68 bits per heavy atom. The van der Waals surface area contributed by atoms with Gasteiger partial charge in [-0.2, -0.15) is 4.31 Å². The van der Waals surface area contributed by atoms with E-state index in [0.29, 0.717) is 45.2 Å². The van der Waals surface area contributed by atoms with E-state index in [2.05, 4.69) is 18.4 Å². The second-order valence-corrected chi connectivity index (χ2v) is 11.5. The minimum absolute atomic E-state index is 0.0360. The van der Waals surface area contributed by atoms with E-state index in [1.165, 1.54) is 11.2 Å². The highest BCUT2D eigenvalue weighted by atomic mass is 32.2. The number of piperazine rings is 1. The number of nitrogens with zero attached hydrogens (tertiary/aromatic N) is 4. The number of hydrogen-bond donors (Lipinski definition) is 0. The molecule has 1 saturated heterocycles. The zero-order valence-electron chi connectivity index (χ0n) is 20.7. The fourth-order valence-electron chi connectivity index (χ4n) is 5.28. The molecular weight excluding hydrogens is 452 g/mol. The number of anilines is 1. The fraction of sp³-hybridized carbons (Fsp3) is 0.520. The Bertz CT molecular complexity index is 1220. The van der Waals surface area contributed by atoms with E-state index in [-0.39, 0.29) is 23.1 Å². The van der Waals surface area contributed by atoms with Crippen LogP contribution in [0, 0.1) is 13.8 Å². The lowest BCUT2D eigenvalue weighted by Crippen LogP contribution is -2.49. The van der Waals surface area contributed by atoms with Crippen LogP contribution in [0.3, 0.4) is 0 Å². The molecule has 0 unspecified atom stereocenters. The van der Waals surface area contributed by atoms with Crippen LogP contribution in [0.2, 0.25) is 0 Å². The van der Waals surface area contributed by atoms with Crippen LogP contribution in [-0.4, -0.2) is 73.1 Å². The predicted octanol–water partition coefficient (Wildman–Crippen LogP) is 2.78. The molecule has 0 saturated carbocycles. The number of rotatable bonds is 6. The molecule has 4 rings (SSSR count). The summed E-state index contributed by atoms with van der Waals surface area (Å²) in [5.41, 5.74) is 4.50. The monoisotopic (exact) mass is 486 g/mol. The van der Waals surface area contributed by atoms with Gasteiger partial charge in [0.05, 0.1) is 11.4 Å². The second-order valence-electron chi connectivity index (χ2n) is 9.56. The molecule has 0 spiro atoms. The summed E-state index contributed by atoms with van der Waals surface area (Å²) in [4.78, 5) is 28.7. The largest absolute Gasteiger partial charge is 0.346 e. The van der Waals surface area contributed by atoms with E-state index < -0.39 is 10.0 Å². The number of hydrogen-bond acceptors (Lipinski definition) is 5. The highest BCUT2D eigenvalue weighted by Gasteiger charge is 2.31. The third-order valence-corrected chi connectivity index (χ3v) is 8.86. The van der Waals surface area contributed by atoms with Crippen LogP contribution in [0.5, 0.6) is 0 Å². The van der Waals surface area contributed by atoms with Crippen LogP contribution >= 0.6 is 0 Å². The summed E-state index contributed by atoms with van der Waals surface area (Å²) in [6, 6.07) is 7.28. The summed E-state index contributed by atoms with van der Waals surface area (Å²) in [5.74, 6) is 0.0381. The number of fused-ring (bicyclic) bond motifs is 1. The van der Waals surface area contributed by atoms with Crippen molar-refractivity contribution in [2.75, 3.05) is 44.2 Å². The van der Waals surface area contributed by atoms with Crippen LogP contribution < -0.4 is 4.90 Å². The van der Waals surface area contributed by atoms with Crippen molar-refractivity contribution in [3.05, 3.63) is 46.8 Å². The van der Waals surface area contributed by atoms with Crippen molar-refractivity contribution in [3.8, 4) is 0 Å². The van der Waals surface area contributed by atoms with Crippen molar-refractivity contribution in [3.63, 3.8) is 0 Å². The first-order chi connectivity index (χ1) is 16.0. The van der Waals surface area contributed by atoms with Gasteiger partial charge >= 0.3 is 0 Å². The van der Waals surface area contributed by atoms with E-state index in [9.17, 15) is 18.0 Å². The number of aryl methyl sites for hydroxylation is 1. The van der Waals surface area contributed by atoms with Crippen LogP contribution in [0.15, 0.2) is 29.2 Å². The van der Waals surface area contributed by atoms with Gasteiger partial charge in [-0.05, 0) is 63.9 Å². The number of carbonyl (C=O) groups excluding carboxylic acids is 2. The Kier molecular flexibility index (Phi) is 6.72. The van der Waals surface area contributed by atoms with Crippen LogP contribution in [0.25, 0.3) is 0 Å². The molecule has 2 aliphatic heterocycles. The van der Waals surface area contributed by atoms with Gasteiger partial charge in [-0.15, -0.1) is 0 Å². The normalized spacial score (nSPS) is 17.4. The van der Waals surface area contributed by atoms with E-state index >= 15 is 0 Å². The minimum atomic E-state index is -3.63. The van der Waals surface area contributed by atoms with Crippen molar-refractivity contribution < 1.29 is 18.0 Å². The number of sulfonamides is 1. The molecule has 0 N–H and O–H groups in total. The summed E-state index contributed by atoms with van der Waals surface area (Å²) in [7, 11) is -3.63. The number of benzene rings is 1. The lowest BCUT2D eigenvalue weighted by Gasteiger charge is -2.33. The van der Waals surface area contributed by atoms with E-state index in [1.807, 2.05) is 24.8 Å². The van der Waals surface area contributed by atoms with Gasteiger partial charge in [0.2, 0.25) is 15.9 Å². The van der Waals surface area contributed by atoms with Crippen molar-refractivity contribution in [1.82, 2.24) is 13.8 Å². The molecule has 1 amide bonds. The smallest absolute Gasteiger partial charge is 0.243 e. The Hall–Kier alpha value is -2.49. The van der Waals surface area contributed by atoms with Crippen molar-refractivity contribution in [1.29, 1.82) is 0 Å². The zero-order valence-corrected chi connectivity index (χ0v) is 21.5. The molecule has 1 aromatic carbocycles. The lowest BCUT2D eigenvalue weighted by molar-refractivity contribution is -0.116. The molecular formula is C25H34N4O4S. The molecule has 0 radical (unpaired) electrons. The maximum Gasteiger partial charge on any atom is 0.243 e. The van der Waals surface area contributed by atoms with Gasteiger partial charge in [0.15, 0.2) is 5.78 Å². The lowest BCUT2D eigenvalue weighted by atomic mass is 10.1. The average molecular weight is 487 g/mol. The topological polar surface area (TPSA) is 82.9 Å². The molecule has 0 bridgehead atoms. The molecule has 34 heavy (non-hydrogen) atoms. The molecule has 1 fully saturated rings. The molecule has 1 aromatic heterocycles. The number of aromatic nitrogens is 1. The van der Waals surface area contributed by atoms with E-state index in [0.717, 1.165) is 28.2 Å². The van der Waals surface area contributed by atoms with Gasteiger partial charge in [-0.25, -0.2) is 8.42 Å². The number of Topliss-reactive ketones (excluding diaryl/α,β-unsaturated/α-hetero) is 1. The maximum atomic E-state index is 13.3. The maximum absolute atomic E-state index is 13.3. The summed E-state index contributed by atoms with van der Waals surface area (Å²) in [5, 5.41) is 0. The van der Waals surface area contributed by atoms with Crippen LogP contribution in [0.1, 0.15) is 54.1 Å². The predicted molar refractivity (Wildman–Crippen MR) is 132 cm³/mol. The van der Waals surface area contributed by atoms with Gasteiger partial charge < -0.3 is 9.47 Å². The Morgan fingerprint density at radius 1 is 1.00 bits per heavy atom. The molecule has 8 nitrogen and oxygen atoms in total. The number of amides is 1. The highest BCUT2D eigenvalue weighted by Crippen LogP contribution is 2.31. The first-order valence-corrected chi connectivity index (χ1v) is 13.3. The Labute approximate surface area is 202 Å². The van der Waals surface area contributed by atoms with Gasteiger partial charge in [0, 0.05) is 68.3 Å². The van der Waals surface area contributed by atoms with Crippen molar-refractivity contribution in [2.24, 2.45) is 0 Å². The molecule has 0 atom stereocenters. The van der Waals surface area contributed by atoms with E-state index in [4.69, 9.17) is 0 Å². The highest BCUT2D eigenvalue weighted by molar-refractivity contribution is 7.89. The Morgan fingerprint density at radius 3 is 2.26 bits per heavy atom. The number of carbonyl (C=O) groups is 2. The molecule has 2 aliphatic rings. The second kappa shape index (κ2) is 9.28. The zero-order chi connectivity index (χ0) is 24.8. The first-order valence-electron chi connectivity index (χ1n) is 11.9. The fourth-order valence-corrected chi connectivity index (χ4v) is 6.76. The van der Waals surface area contributed by atoms with Crippen molar-refractivity contribution >= 4 is 27.4 Å². The molecule has 0 aliphatic carbocycles. The quantitative estimate of drug-likeness (QED) is 0.587. The van der Waals surface area contributed by atoms with Crippen LogP contribution in [-0.2, 0) is 21.2 Å². The molecule has 9 heteroatoms. The van der Waals surface area contributed by atoms with Crippen molar-refractivity contribution in [2.45, 2.75) is 52.0 Å². The average Bonchev–Trinajstić information content (AvgIpc) is 3.34. The SMILES string of the molecule is CC(=O)N1CCc2cc(S(=O)(=O)N3CCN(CC(=O)c4cc(C)n(C(C)C)c4C)CC3)ccc21. The van der Waals surface area contributed by atoms with Gasteiger partial charge in [0.25, 0.3) is 0 Å². The summed E-state index contributed by atoms with van der Waals surface area (Å²) >= 11 is 0. The summed E-state index contributed by atoms with van der Waals surface area (Å²) < 4.78 is 30.2. The Balaban J connectivity index is 1.41. The van der Waals surface area contributed by atoms with Crippen LogP contribution in [0.4, 0.5) is 5.69 Å². The van der Waals surface area contributed by atoms with Gasteiger partial charge in [-0.1, -0.05) is 0 Å². The standard InChI is InChI=1S/C25H34N4O4S/c1-17(2)29-18(3)14-23(19(29)4)25(31)16-26-10-12-27(13-11-26)34(32,33)22-6-7-24-21(15-22)8-9-28(24)20(5)30/h6-7,14-15,17H,8-13,16H2,1-5H3. The summed E-state index contributed by atoms with van der Waals surface area (Å²) in [6.45, 7) is 12.3. The summed E-state index contributed by atoms with van der Waals surface area (Å²) in [6.07, 6.45) is 0.658. The number of ketones is 1. The van der Waals surface area contributed by atoms with Gasteiger partial charge in [-0.3, -0.25) is 14.5 Å². The minimum Gasteiger partial charge on any atom is -0.346 e. The van der Waals surface area contributed by atoms with E-state index in [1.54, 1.807) is 23.1 Å². The third-order valence-electron chi connectivity index (χ3n) is 6.96. The third kappa shape index (κ3) is 4.44. The first kappa shape index (κ1) is 24.6. The van der Waals surface area contributed by atoms with Gasteiger partial charge in [0.1, 0.15) is 0 Å².